The Morgan fingerprint density at radius 3 is 2.74 bits per heavy atom. The lowest BCUT2D eigenvalue weighted by Crippen LogP contribution is -2.17. The summed E-state index contributed by atoms with van der Waals surface area (Å²) < 4.78 is 7.05. The maximum absolute atomic E-state index is 11.6. The monoisotopic (exact) mass is 264 g/mol. The van der Waals surface area contributed by atoms with Crippen molar-refractivity contribution < 1.29 is 9.53 Å². The summed E-state index contributed by atoms with van der Waals surface area (Å²) in [4.78, 5) is 15.7. The molecule has 0 saturated heterocycles. The Kier molecular flexibility index (Phi) is 5.00. The Labute approximate surface area is 115 Å². The minimum absolute atomic E-state index is 0.319. The Balaban J connectivity index is 1.91. The molecule has 1 aliphatic rings. The molecule has 0 atom stereocenters. The molecule has 0 amide bonds. The quantitative estimate of drug-likeness (QED) is 0.763. The zero-order chi connectivity index (χ0) is 13.7. The second kappa shape index (κ2) is 6.73. The summed E-state index contributed by atoms with van der Waals surface area (Å²) in [5, 5.41) is 0. The number of hydrogen-bond donors (Lipinski definition) is 0. The summed E-state index contributed by atoms with van der Waals surface area (Å²) >= 11 is 0. The van der Waals surface area contributed by atoms with Gasteiger partial charge in [-0.2, -0.15) is 0 Å². The van der Waals surface area contributed by atoms with Crippen LogP contribution >= 0.6 is 0 Å². The molecule has 1 saturated carbocycles. The molecule has 0 radical (unpaired) electrons. The fourth-order valence-electron chi connectivity index (χ4n) is 2.99. The van der Waals surface area contributed by atoms with Crippen molar-refractivity contribution in [1.29, 1.82) is 0 Å². The first-order valence-corrected chi connectivity index (χ1v) is 7.45. The molecule has 0 N–H and O–H groups in total. The van der Waals surface area contributed by atoms with Crippen molar-refractivity contribution in [3.63, 3.8) is 0 Å². The fourth-order valence-corrected chi connectivity index (χ4v) is 2.99. The number of hydrogen-bond acceptors (Lipinski definition) is 3. The van der Waals surface area contributed by atoms with Gasteiger partial charge in [0.2, 0.25) is 0 Å². The van der Waals surface area contributed by atoms with E-state index in [0.29, 0.717) is 18.3 Å². The van der Waals surface area contributed by atoms with Crippen LogP contribution in [0.25, 0.3) is 0 Å². The van der Waals surface area contributed by atoms with Crippen LogP contribution in [0.1, 0.15) is 68.9 Å². The van der Waals surface area contributed by atoms with Gasteiger partial charge in [0, 0.05) is 12.2 Å². The smallest absolute Gasteiger partial charge is 0.358 e. The SMILES string of the molecule is CCCC1CCC(n2cnc(C(=O)OCC)c2)CC1. The Morgan fingerprint density at radius 2 is 2.11 bits per heavy atom. The van der Waals surface area contributed by atoms with Crippen LogP contribution in [-0.4, -0.2) is 22.1 Å². The number of esters is 1. The van der Waals surface area contributed by atoms with Gasteiger partial charge >= 0.3 is 5.97 Å². The van der Waals surface area contributed by atoms with Crippen molar-refractivity contribution in [2.24, 2.45) is 5.92 Å². The third-order valence-corrected chi connectivity index (χ3v) is 4.02. The topological polar surface area (TPSA) is 44.1 Å². The first-order chi connectivity index (χ1) is 9.24. The van der Waals surface area contributed by atoms with E-state index in [4.69, 9.17) is 4.74 Å². The van der Waals surface area contributed by atoms with E-state index in [2.05, 4.69) is 16.5 Å². The van der Waals surface area contributed by atoms with Crippen LogP contribution in [-0.2, 0) is 4.74 Å². The van der Waals surface area contributed by atoms with Crippen LogP contribution in [0.15, 0.2) is 12.5 Å². The predicted molar refractivity (Wildman–Crippen MR) is 74.1 cm³/mol. The highest BCUT2D eigenvalue weighted by molar-refractivity contribution is 5.86. The predicted octanol–water partition coefficient (Wildman–Crippen LogP) is 3.59. The molecular formula is C15H24N2O2. The van der Waals surface area contributed by atoms with Gasteiger partial charge in [-0.15, -0.1) is 0 Å². The van der Waals surface area contributed by atoms with Crippen LogP contribution < -0.4 is 0 Å². The van der Waals surface area contributed by atoms with Crippen molar-refractivity contribution in [2.45, 2.75) is 58.4 Å². The average molecular weight is 264 g/mol. The van der Waals surface area contributed by atoms with Crippen LogP contribution in [0.5, 0.6) is 0 Å². The minimum Gasteiger partial charge on any atom is -0.461 e. The normalized spacial score (nSPS) is 23.3. The van der Waals surface area contributed by atoms with E-state index in [9.17, 15) is 4.79 Å². The molecule has 0 unspecified atom stereocenters. The van der Waals surface area contributed by atoms with Gasteiger partial charge in [0.25, 0.3) is 0 Å². The van der Waals surface area contributed by atoms with E-state index in [-0.39, 0.29) is 5.97 Å². The van der Waals surface area contributed by atoms with Gasteiger partial charge in [0.1, 0.15) is 0 Å². The number of ether oxygens (including phenoxy) is 1. The number of imidazole rings is 1. The Morgan fingerprint density at radius 1 is 1.37 bits per heavy atom. The molecule has 0 aromatic carbocycles. The molecule has 106 valence electrons. The third-order valence-electron chi connectivity index (χ3n) is 4.02. The van der Waals surface area contributed by atoms with Crippen molar-refractivity contribution in [3.05, 3.63) is 18.2 Å². The second-order valence-corrected chi connectivity index (χ2v) is 5.39. The maximum atomic E-state index is 11.6. The van der Waals surface area contributed by atoms with E-state index in [1.54, 1.807) is 6.33 Å². The van der Waals surface area contributed by atoms with E-state index in [1.165, 1.54) is 38.5 Å². The summed E-state index contributed by atoms with van der Waals surface area (Å²) in [7, 11) is 0. The molecule has 1 heterocycles. The van der Waals surface area contributed by atoms with Crippen LogP contribution in [0.2, 0.25) is 0 Å². The maximum Gasteiger partial charge on any atom is 0.358 e. The molecule has 1 aliphatic carbocycles. The summed E-state index contributed by atoms with van der Waals surface area (Å²) in [6.07, 6.45) is 11.2. The van der Waals surface area contributed by atoms with E-state index in [1.807, 2.05) is 13.1 Å². The summed E-state index contributed by atoms with van der Waals surface area (Å²) in [5.41, 5.74) is 0.428. The van der Waals surface area contributed by atoms with Crippen molar-refractivity contribution >= 4 is 5.97 Å². The van der Waals surface area contributed by atoms with Crippen molar-refractivity contribution in [1.82, 2.24) is 9.55 Å². The van der Waals surface area contributed by atoms with E-state index >= 15 is 0 Å². The highest BCUT2D eigenvalue weighted by Gasteiger charge is 2.22. The molecule has 0 spiro atoms. The molecule has 19 heavy (non-hydrogen) atoms. The van der Waals surface area contributed by atoms with Crippen LogP contribution in [0.4, 0.5) is 0 Å². The number of carbonyl (C=O) groups is 1. The average Bonchev–Trinajstić information content (AvgIpc) is 2.90. The number of nitrogens with zero attached hydrogens (tertiary/aromatic N) is 2. The molecule has 4 heteroatoms. The highest BCUT2D eigenvalue weighted by atomic mass is 16.5. The molecular weight excluding hydrogens is 240 g/mol. The molecule has 1 aromatic rings. The molecule has 1 fully saturated rings. The number of aromatic nitrogens is 2. The summed E-state index contributed by atoms with van der Waals surface area (Å²) in [6, 6.07) is 0.504. The first-order valence-electron chi connectivity index (χ1n) is 7.45. The third kappa shape index (κ3) is 3.58. The fraction of sp³-hybridized carbons (Fsp3) is 0.733. The van der Waals surface area contributed by atoms with Crippen LogP contribution in [0, 0.1) is 5.92 Å². The van der Waals surface area contributed by atoms with E-state index in [0.717, 1.165) is 5.92 Å². The molecule has 0 bridgehead atoms. The molecule has 2 rings (SSSR count). The standard InChI is InChI=1S/C15H24N2O2/c1-3-5-12-6-8-13(9-7-12)17-10-14(16-11-17)15(18)19-4-2/h10-13H,3-9H2,1-2H3. The van der Waals surface area contributed by atoms with Crippen molar-refractivity contribution in [2.75, 3.05) is 6.61 Å². The minimum atomic E-state index is -0.319. The lowest BCUT2D eigenvalue weighted by molar-refractivity contribution is 0.0520. The summed E-state index contributed by atoms with van der Waals surface area (Å²) in [6.45, 7) is 4.46. The number of carbonyl (C=O) groups excluding carboxylic acids is 1. The van der Waals surface area contributed by atoms with Gasteiger partial charge in [-0.3, -0.25) is 0 Å². The Hall–Kier alpha value is -1.32. The second-order valence-electron chi connectivity index (χ2n) is 5.39. The van der Waals surface area contributed by atoms with Gasteiger partial charge in [-0.1, -0.05) is 19.8 Å². The van der Waals surface area contributed by atoms with Gasteiger partial charge in [-0.25, -0.2) is 9.78 Å². The zero-order valence-corrected chi connectivity index (χ0v) is 12.0. The van der Waals surface area contributed by atoms with Gasteiger partial charge in [-0.05, 0) is 38.5 Å². The van der Waals surface area contributed by atoms with E-state index < -0.39 is 0 Å². The zero-order valence-electron chi connectivity index (χ0n) is 12.0. The van der Waals surface area contributed by atoms with Gasteiger partial charge < -0.3 is 9.30 Å². The lowest BCUT2D eigenvalue weighted by Gasteiger charge is -2.29. The van der Waals surface area contributed by atoms with Crippen molar-refractivity contribution in [3.8, 4) is 0 Å². The molecule has 1 aromatic heterocycles. The molecule has 4 nitrogen and oxygen atoms in total. The van der Waals surface area contributed by atoms with Gasteiger partial charge in [0.15, 0.2) is 5.69 Å². The number of rotatable bonds is 5. The summed E-state index contributed by atoms with van der Waals surface area (Å²) in [5.74, 6) is 0.579. The largest absolute Gasteiger partial charge is 0.461 e. The first kappa shape index (κ1) is 14.1. The highest BCUT2D eigenvalue weighted by Crippen LogP contribution is 2.34. The molecule has 0 aliphatic heterocycles. The van der Waals surface area contributed by atoms with Gasteiger partial charge in [0.05, 0.1) is 12.9 Å². The lowest BCUT2D eigenvalue weighted by atomic mass is 9.83. The Bertz CT molecular complexity index is 406. The van der Waals surface area contributed by atoms with Crippen LogP contribution in [0.3, 0.4) is 0 Å².